The molecule has 2 heterocycles. The maximum atomic E-state index is 5.89. The minimum atomic E-state index is 0. The molecule has 3 nitrogen and oxygen atoms in total. The normalized spacial score (nSPS) is 28.5. The summed E-state index contributed by atoms with van der Waals surface area (Å²) in [6.45, 7) is 5.16. The molecule has 2 aliphatic heterocycles. The van der Waals surface area contributed by atoms with Gasteiger partial charge in [0.05, 0.1) is 12.2 Å². The highest BCUT2D eigenvalue weighted by Crippen LogP contribution is 2.16. The molecule has 0 aromatic heterocycles. The van der Waals surface area contributed by atoms with Gasteiger partial charge in [-0.25, -0.2) is 0 Å². The van der Waals surface area contributed by atoms with Gasteiger partial charge in [-0.3, -0.25) is 4.90 Å². The first-order valence-electron chi connectivity index (χ1n) is 6.02. The lowest BCUT2D eigenvalue weighted by Gasteiger charge is -2.41. The Balaban J connectivity index is 0.00000108. The molecule has 94 valence electrons. The van der Waals surface area contributed by atoms with Crippen molar-refractivity contribution >= 4 is 12.4 Å². The average Bonchev–Trinajstić information content (AvgIpc) is 2.30. The number of rotatable bonds is 2. The minimum absolute atomic E-state index is 0. The molecule has 4 heteroatoms. The first-order valence-corrected chi connectivity index (χ1v) is 6.02. The molecule has 0 saturated carbocycles. The summed E-state index contributed by atoms with van der Waals surface area (Å²) in [5.41, 5.74) is 1.40. The molecule has 0 radical (unpaired) electrons. The molecule has 2 saturated heterocycles. The third-order valence-electron chi connectivity index (χ3n) is 3.30. The topological polar surface area (TPSA) is 24.5 Å². The molecule has 2 unspecified atom stereocenters. The van der Waals surface area contributed by atoms with Crippen LogP contribution in [0.4, 0.5) is 0 Å². The van der Waals surface area contributed by atoms with Crippen molar-refractivity contribution in [3.63, 3.8) is 0 Å². The van der Waals surface area contributed by atoms with E-state index in [1.807, 2.05) is 0 Å². The number of hydrogen-bond acceptors (Lipinski definition) is 3. The van der Waals surface area contributed by atoms with Crippen molar-refractivity contribution < 1.29 is 4.74 Å². The van der Waals surface area contributed by atoms with Gasteiger partial charge in [-0.2, -0.15) is 0 Å². The summed E-state index contributed by atoms with van der Waals surface area (Å²) in [4.78, 5) is 2.51. The zero-order chi connectivity index (χ0) is 10.8. The van der Waals surface area contributed by atoms with E-state index in [-0.39, 0.29) is 12.4 Å². The van der Waals surface area contributed by atoms with Gasteiger partial charge < -0.3 is 10.1 Å². The standard InChI is InChI=1S/C13H18N2O.ClH/c1-2-4-11(5-3-1)8-15-9-12-6-14-7-13(10-15)16-12;/h1-5,12-14H,6-10H2;1H. The van der Waals surface area contributed by atoms with Crippen LogP contribution in [0, 0.1) is 0 Å². The van der Waals surface area contributed by atoms with Crippen LogP contribution in [-0.4, -0.2) is 43.3 Å². The zero-order valence-corrected chi connectivity index (χ0v) is 10.7. The number of benzene rings is 1. The summed E-state index contributed by atoms with van der Waals surface area (Å²) < 4.78 is 5.89. The molecule has 3 rings (SSSR count). The van der Waals surface area contributed by atoms with Gasteiger partial charge in [-0.15, -0.1) is 12.4 Å². The Bertz CT molecular complexity index is 335. The van der Waals surface area contributed by atoms with Crippen molar-refractivity contribution in [2.75, 3.05) is 26.2 Å². The summed E-state index contributed by atoms with van der Waals surface area (Å²) in [7, 11) is 0. The van der Waals surface area contributed by atoms with Crippen LogP contribution in [0.3, 0.4) is 0 Å². The van der Waals surface area contributed by atoms with E-state index in [1.165, 1.54) is 5.56 Å². The van der Waals surface area contributed by atoms with Crippen molar-refractivity contribution in [2.24, 2.45) is 0 Å². The predicted octanol–water partition coefficient (Wildman–Crippen LogP) is 1.28. The number of ether oxygens (including phenoxy) is 1. The molecule has 0 spiro atoms. The molecule has 0 amide bonds. The van der Waals surface area contributed by atoms with Crippen LogP contribution in [-0.2, 0) is 11.3 Å². The lowest BCUT2D eigenvalue weighted by Crippen LogP contribution is -2.57. The Morgan fingerprint density at radius 2 is 1.76 bits per heavy atom. The van der Waals surface area contributed by atoms with Crippen molar-refractivity contribution in [2.45, 2.75) is 18.8 Å². The molecule has 1 aromatic carbocycles. The van der Waals surface area contributed by atoms with Crippen LogP contribution in [0.15, 0.2) is 30.3 Å². The molecule has 17 heavy (non-hydrogen) atoms. The number of morpholine rings is 2. The van der Waals surface area contributed by atoms with Crippen LogP contribution >= 0.6 is 12.4 Å². The van der Waals surface area contributed by atoms with E-state index in [4.69, 9.17) is 4.74 Å². The van der Waals surface area contributed by atoms with Crippen LogP contribution < -0.4 is 5.32 Å². The molecule has 2 aliphatic rings. The SMILES string of the molecule is Cl.c1ccc(CN2CC3CNCC(C2)O3)cc1. The quantitative estimate of drug-likeness (QED) is 0.861. The van der Waals surface area contributed by atoms with Gasteiger partial charge in [-0.05, 0) is 5.56 Å². The summed E-state index contributed by atoms with van der Waals surface area (Å²) in [5.74, 6) is 0. The number of nitrogens with one attached hydrogen (secondary N) is 1. The highest BCUT2D eigenvalue weighted by Gasteiger charge is 2.30. The highest BCUT2D eigenvalue weighted by atomic mass is 35.5. The maximum Gasteiger partial charge on any atom is 0.0831 e. The lowest BCUT2D eigenvalue weighted by atomic mass is 10.1. The molecule has 0 aliphatic carbocycles. The fraction of sp³-hybridized carbons (Fsp3) is 0.538. The largest absolute Gasteiger partial charge is 0.370 e. The average molecular weight is 255 g/mol. The Morgan fingerprint density at radius 3 is 2.41 bits per heavy atom. The molecular formula is C13H19ClN2O. The van der Waals surface area contributed by atoms with Crippen molar-refractivity contribution in [3.8, 4) is 0 Å². The van der Waals surface area contributed by atoms with Crippen LogP contribution in [0.5, 0.6) is 0 Å². The second kappa shape index (κ2) is 5.83. The van der Waals surface area contributed by atoms with E-state index in [0.29, 0.717) is 12.2 Å². The summed E-state index contributed by atoms with van der Waals surface area (Å²) in [6, 6.07) is 10.7. The Labute approximate surface area is 109 Å². The first kappa shape index (κ1) is 12.8. The molecule has 2 atom stereocenters. The van der Waals surface area contributed by atoms with E-state index >= 15 is 0 Å². The van der Waals surface area contributed by atoms with Crippen molar-refractivity contribution in [1.82, 2.24) is 10.2 Å². The van der Waals surface area contributed by atoms with Gasteiger partial charge in [0.15, 0.2) is 0 Å². The van der Waals surface area contributed by atoms with Crippen LogP contribution in [0.1, 0.15) is 5.56 Å². The fourth-order valence-electron chi connectivity index (χ4n) is 2.61. The Morgan fingerprint density at radius 1 is 1.12 bits per heavy atom. The van der Waals surface area contributed by atoms with Gasteiger partial charge in [0.1, 0.15) is 0 Å². The second-order valence-electron chi connectivity index (χ2n) is 4.72. The van der Waals surface area contributed by atoms with Gasteiger partial charge in [0, 0.05) is 32.7 Å². The third-order valence-corrected chi connectivity index (χ3v) is 3.30. The van der Waals surface area contributed by atoms with E-state index < -0.39 is 0 Å². The molecule has 2 fully saturated rings. The van der Waals surface area contributed by atoms with Gasteiger partial charge >= 0.3 is 0 Å². The number of nitrogens with zero attached hydrogens (tertiary/aromatic N) is 1. The summed E-state index contributed by atoms with van der Waals surface area (Å²) >= 11 is 0. The summed E-state index contributed by atoms with van der Waals surface area (Å²) in [6.07, 6.45) is 0.771. The number of halogens is 1. The maximum absolute atomic E-state index is 5.89. The van der Waals surface area contributed by atoms with Crippen LogP contribution in [0.25, 0.3) is 0 Å². The highest BCUT2D eigenvalue weighted by molar-refractivity contribution is 5.85. The van der Waals surface area contributed by atoms with E-state index in [2.05, 4.69) is 40.5 Å². The van der Waals surface area contributed by atoms with Gasteiger partial charge in [0.25, 0.3) is 0 Å². The van der Waals surface area contributed by atoms with Gasteiger partial charge in [0.2, 0.25) is 0 Å². The minimum Gasteiger partial charge on any atom is -0.370 e. The zero-order valence-electron chi connectivity index (χ0n) is 9.84. The fourth-order valence-corrected chi connectivity index (χ4v) is 2.61. The predicted molar refractivity (Wildman–Crippen MR) is 70.5 cm³/mol. The number of fused-ring (bicyclic) bond motifs is 2. The third kappa shape index (κ3) is 3.19. The van der Waals surface area contributed by atoms with E-state index in [9.17, 15) is 0 Å². The molecule has 2 bridgehead atoms. The number of hydrogen-bond donors (Lipinski definition) is 1. The van der Waals surface area contributed by atoms with Crippen molar-refractivity contribution in [1.29, 1.82) is 0 Å². The lowest BCUT2D eigenvalue weighted by molar-refractivity contribution is -0.105. The monoisotopic (exact) mass is 254 g/mol. The van der Waals surface area contributed by atoms with Crippen LogP contribution in [0.2, 0.25) is 0 Å². The molecule has 1 aromatic rings. The Hall–Kier alpha value is -0.610. The summed E-state index contributed by atoms with van der Waals surface area (Å²) in [5, 5.41) is 3.42. The molecular weight excluding hydrogens is 236 g/mol. The molecule has 1 N–H and O–H groups in total. The van der Waals surface area contributed by atoms with E-state index in [0.717, 1.165) is 32.7 Å². The smallest absolute Gasteiger partial charge is 0.0831 e. The van der Waals surface area contributed by atoms with Crippen molar-refractivity contribution in [3.05, 3.63) is 35.9 Å². The first-order chi connectivity index (χ1) is 7.90. The second-order valence-corrected chi connectivity index (χ2v) is 4.72. The van der Waals surface area contributed by atoms with Gasteiger partial charge in [-0.1, -0.05) is 30.3 Å². The Kier molecular flexibility index (Phi) is 4.40. The van der Waals surface area contributed by atoms with E-state index in [1.54, 1.807) is 0 Å².